The summed E-state index contributed by atoms with van der Waals surface area (Å²) >= 11 is 0. The van der Waals surface area contributed by atoms with Crippen molar-refractivity contribution in [2.75, 3.05) is 0 Å². The fourth-order valence-corrected chi connectivity index (χ4v) is 2.60. The Balaban J connectivity index is 1.88. The molecule has 0 aliphatic heterocycles. The summed E-state index contributed by atoms with van der Waals surface area (Å²) in [4.78, 5) is 16.0. The van der Waals surface area contributed by atoms with Crippen molar-refractivity contribution in [3.8, 4) is 22.5 Å². The number of hydrogen-bond acceptors (Lipinski definition) is 5. The van der Waals surface area contributed by atoms with Gasteiger partial charge in [-0.1, -0.05) is 6.07 Å². The normalized spacial score (nSPS) is 11.0. The first kappa shape index (κ1) is 14.1. The topological polar surface area (TPSA) is 115 Å². The number of nitrogens with two attached hydrogens (primary N) is 1. The van der Waals surface area contributed by atoms with Gasteiger partial charge in [0.05, 0.1) is 17.6 Å². The number of primary amides is 1. The molecule has 0 unspecified atom stereocenters. The van der Waals surface area contributed by atoms with Crippen LogP contribution in [-0.2, 0) is 0 Å². The molecular weight excluding hydrogens is 306 g/mol. The molecule has 4 aromatic heterocycles. The highest BCUT2D eigenvalue weighted by atomic mass is 16.1. The standard InChI is InChI=1S/C16H13N7O/c1-9-3-2-4-12(19-9)14-11(7-18-21-14)10-5-6-13-20-22-16(15(17)24)23(13)8-10/h2-8H,1H3,(H2,17,24)(H,18,21). The van der Waals surface area contributed by atoms with Crippen molar-refractivity contribution in [2.24, 2.45) is 5.73 Å². The zero-order chi connectivity index (χ0) is 16.7. The van der Waals surface area contributed by atoms with Crippen LogP contribution in [0.25, 0.3) is 28.2 Å². The fraction of sp³-hybridized carbons (Fsp3) is 0.0625. The summed E-state index contributed by atoms with van der Waals surface area (Å²) in [7, 11) is 0. The van der Waals surface area contributed by atoms with E-state index in [1.165, 1.54) is 0 Å². The number of nitrogens with zero attached hydrogens (tertiary/aromatic N) is 5. The second-order valence-corrected chi connectivity index (χ2v) is 5.36. The molecule has 0 fully saturated rings. The van der Waals surface area contributed by atoms with Gasteiger partial charge in [-0.05, 0) is 31.2 Å². The largest absolute Gasteiger partial charge is 0.363 e. The maximum absolute atomic E-state index is 11.5. The lowest BCUT2D eigenvalue weighted by molar-refractivity contribution is 0.0989. The van der Waals surface area contributed by atoms with Crippen LogP contribution in [0, 0.1) is 6.92 Å². The van der Waals surface area contributed by atoms with Crippen LogP contribution in [-0.4, -0.2) is 35.7 Å². The first-order valence-electron chi connectivity index (χ1n) is 7.26. The van der Waals surface area contributed by atoms with E-state index in [1.807, 2.05) is 31.2 Å². The maximum Gasteiger partial charge on any atom is 0.287 e. The average Bonchev–Trinajstić information content (AvgIpc) is 3.21. The van der Waals surface area contributed by atoms with E-state index < -0.39 is 5.91 Å². The monoisotopic (exact) mass is 319 g/mol. The van der Waals surface area contributed by atoms with Gasteiger partial charge in [-0.25, -0.2) is 0 Å². The second-order valence-electron chi connectivity index (χ2n) is 5.36. The van der Waals surface area contributed by atoms with Gasteiger partial charge in [-0.3, -0.25) is 19.3 Å². The van der Waals surface area contributed by atoms with Crippen molar-refractivity contribution in [2.45, 2.75) is 6.92 Å². The molecule has 0 atom stereocenters. The van der Waals surface area contributed by atoms with Gasteiger partial charge in [0.2, 0.25) is 5.82 Å². The van der Waals surface area contributed by atoms with Crippen LogP contribution in [0.1, 0.15) is 16.3 Å². The van der Waals surface area contributed by atoms with Crippen LogP contribution >= 0.6 is 0 Å². The Kier molecular flexibility index (Phi) is 3.09. The van der Waals surface area contributed by atoms with E-state index in [9.17, 15) is 4.79 Å². The molecule has 1 amide bonds. The van der Waals surface area contributed by atoms with Gasteiger partial charge in [-0.2, -0.15) is 5.10 Å². The number of rotatable bonds is 3. The number of fused-ring (bicyclic) bond motifs is 1. The Hall–Kier alpha value is -3.55. The predicted octanol–water partition coefficient (Wildman–Crippen LogP) is 1.59. The lowest BCUT2D eigenvalue weighted by Crippen LogP contribution is -2.15. The Morgan fingerprint density at radius 3 is 2.88 bits per heavy atom. The summed E-state index contributed by atoms with van der Waals surface area (Å²) < 4.78 is 1.57. The number of pyridine rings is 2. The van der Waals surface area contributed by atoms with Gasteiger partial charge in [-0.15, -0.1) is 10.2 Å². The SMILES string of the molecule is Cc1cccc(-c2[nH]ncc2-c2ccc3nnc(C(N)=O)n3c2)n1. The molecule has 8 heteroatoms. The van der Waals surface area contributed by atoms with E-state index in [0.29, 0.717) is 5.65 Å². The van der Waals surface area contributed by atoms with Crippen molar-refractivity contribution in [1.82, 2.24) is 29.8 Å². The number of aromatic amines is 1. The maximum atomic E-state index is 11.5. The summed E-state index contributed by atoms with van der Waals surface area (Å²) in [6, 6.07) is 9.45. The summed E-state index contributed by atoms with van der Waals surface area (Å²) in [6.07, 6.45) is 3.48. The van der Waals surface area contributed by atoms with Gasteiger partial charge >= 0.3 is 0 Å². The van der Waals surface area contributed by atoms with Crippen LogP contribution in [0.4, 0.5) is 0 Å². The first-order valence-corrected chi connectivity index (χ1v) is 7.26. The third-order valence-corrected chi connectivity index (χ3v) is 3.72. The summed E-state index contributed by atoms with van der Waals surface area (Å²) in [5, 5.41) is 14.9. The Morgan fingerprint density at radius 2 is 2.08 bits per heavy atom. The Bertz CT molecular complexity index is 1060. The fourth-order valence-electron chi connectivity index (χ4n) is 2.60. The molecule has 4 rings (SSSR count). The third-order valence-electron chi connectivity index (χ3n) is 3.72. The molecule has 4 aromatic rings. The van der Waals surface area contributed by atoms with E-state index >= 15 is 0 Å². The molecule has 0 aliphatic carbocycles. The molecule has 3 N–H and O–H groups in total. The number of nitrogens with one attached hydrogen (secondary N) is 1. The molecule has 0 spiro atoms. The number of aryl methyl sites for hydroxylation is 1. The molecule has 118 valence electrons. The zero-order valence-corrected chi connectivity index (χ0v) is 12.8. The van der Waals surface area contributed by atoms with E-state index in [-0.39, 0.29) is 5.82 Å². The van der Waals surface area contributed by atoms with Crippen molar-refractivity contribution in [3.63, 3.8) is 0 Å². The second kappa shape index (κ2) is 5.27. The molecule has 0 radical (unpaired) electrons. The van der Waals surface area contributed by atoms with Crippen molar-refractivity contribution in [3.05, 3.63) is 54.2 Å². The number of H-pyrrole nitrogens is 1. The van der Waals surface area contributed by atoms with E-state index in [1.54, 1.807) is 22.9 Å². The van der Waals surface area contributed by atoms with Crippen molar-refractivity contribution >= 4 is 11.6 Å². The van der Waals surface area contributed by atoms with E-state index in [2.05, 4.69) is 25.4 Å². The van der Waals surface area contributed by atoms with Crippen LogP contribution in [0.5, 0.6) is 0 Å². The molecule has 0 saturated heterocycles. The van der Waals surface area contributed by atoms with Crippen LogP contribution < -0.4 is 5.73 Å². The minimum Gasteiger partial charge on any atom is -0.363 e. The minimum absolute atomic E-state index is 0.0885. The van der Waals surface area contributed by atoms with Crippen LogP contribution in [0.15, 0.2) is 42.7 Å². The molecule has 8 nitrogen and oxygen atoms in total. The molecule has 24 heavy (non-hydrogen) atoms. The number of carbonyl (C=O) groups excluding carboxylic acids is 1. The van der Waals surface area contributed by atoms with Gasteiger partial charge in [0.25, 0.3) is 5.91 Å². The summed E-state index contributed by atoms with van der Waals surface area (Å²) in [5.74, 6) is -0.544. The minimum atomic E-state index is -0.632. The Labute approximate surface area is 136 Å². The highest BCUT2D eigenvalue weighted by Gasteiger charge is 2.15. The number of amides is 1. The lowest BCUT2D eigenvalue weighted by atomic mass is 10.1. The smallest absolute Gasteiger partial charge is 0.287 e. The average molecular weight is 319 g/mol. The first-order chi connectivity index (χ1) is 11.6. The van der Waals surface area contributed by atoms with Gasteiger partial charge in [0.15, 0.2) is 5.65 Å². The van der Waals surface area contributed by atoms with E-state index in [0.717, 1.165) is 28.2 Å². The van der Waals surface area contributed by atoms with Crippen molar-refractivity contribution < 1.29 is 4.79 Å². The predicted molar refractivity (Wildman–Crippen MR) is 87.1 cm³/mol. The molecule has 0 saturated carbocycles. The van der Waals surface area contributed by atoms with Gasteiger partial charge < -0.3 is 5.73 Å². The number of aromatic nitrogens is 6. The molecular formula is C16H13N7O. The highest BCUT2D eigenvalue weighted by Crippen LogP contribution is 2.29. The van der Waals surface area contributed by atoms with Crippen LogP contribution in [0.3, 0.4) is 0 Å². The summed E-state index contributed by atoms with van der Waals surface area (Å²) in [5.41, 5.74) is 10.1. The van der Waals surface area contributed by atoms with Gasteiger partial charge in [0.1, 0.15) is 0 Å². The number of carbonyl (C=O) groups is 1. The molecule has 4 heterocycles. The Morgan fingerprint density at radius 1 is 1.21 bits per heavy atom. The van der Waals surface area contributed by atoms with E-state index in [4.69, 9.17) is 5.73 Å². The quantitative estimate of drug-likeness (QED) is 0.595. The lowest BCUT2D eigenvalue weighted by Gasteiger charge is -2.05. The molecule has 0 aromatic carbocycles. The van der Waals surface area contributed by atoms with Gasteiger partial charge in [0, 0.05) is 23.0 Å². The molecule has 0 aliphatic rings. The third kappa shape index (κ3) is 2.21. The van der Waals surface area contributed by atoms with Crippen LogP contribution in [0.2, 0.25) is 0 Å². The van der Waals surface area contributed by atoms with Crippen molar-refractivity contribution in [1.29, 1.82) is 0 Å². The summed E-state index contributed by atoms with van der Waals surface area (Å²) in [6.45, 7) is 1.93. The zero-order valence-electron chi connectivity index (χ0n) is 12.8. The number of hydrogen-bond donors (Lipinski definition) is 2. The molecule has 0 bridgehead atoms. The highest BCUT2D eigenvalue weighted by molar-refractivity contribution is 5.90.